The Balaban J connectivity index is 1.95. The van der Waals surface area contributed by atoms with Crippen molar-refractivity contribution in [3.8, 4) is 0 Å². The average Bonchev–Trinajstić information content (AvgIpc) is 2.44. The van der Waals surface area contributed by atoms with Crippen LogP contribution in [0.1, 0.15) is 10.4 Å². The van der Waals surface area contributed by atoms with Crippen molar-refractivity contribution in [2.75, 3.05) is 44.7 Å². The summed E-state index contributed by atoms with van der Waals surface area (Å²) >= 11 is 5.91. The number of carbonyl (C=O) groups excluding carboxylic acids is 1. The van der Waals surface area contributed by atoms with Crippen LogP contribution >= 0.6 is 11.6 Å². The molecule has 0 spiro atoms. The van der Waals surface area contributed by atoms with Crippen LogP contribution in [0.5, 0.6) is 0 Å². The lowest BCUT2D eigenvalue weighted by molar-refractivity contribution is 0.0639. The van der Waals surface area contributed by atoms with E-state index in [2.05, 4.69) is 0 Å². The Morgan fingerprint density at radius 1 is 1.27 bits per heavy atom. The van der Waals surface area contributed by atoms with Crippen molar-refractivity contribution in [2.24, 2.45) is 0 Å². The number of halogens is 2. The third-order valence-electron chi connectivity index (χ3n) is 3.61. The van der Waals surface area contributed by atoms with E-state index in [1.54, 1.807) is 4.90 Å². The Morgan fingerprint density at radius 2 is 1.91 bits per heavy atom. The molecule has 1 aliphatic rings. The summed E-state index contributed by atoms with van der Waals surface area (Å²) in [6, 6.07) is 4.15. The molecule has 0 N–H and O–H groups in total. The number of sulfone groups is 1. The molecule has 0 radical (unpaired) electrons. The Bertz CT molecular complexity index is 638. The lowest BCUT2D eigenvalue weighted by atomic mass is 10.1. The highest BCUT2D eigenvalue weighted by Gasteiger charge is 2.26. The van der Waals surface area contributed by atoms with E-state index >= 15 is 0 Å². The third kappa shape index (κ3) is 4.41. The molecule has 122 valence electrons. The lowest BCUT2D eigenvalue weighted by Gasteiger charge is -2.34. The van der Waals surface area contributed by atoms with E-state index in [4.69, 9.17) is 11.6 Å². The molecule has 1 fully saturated rings. The molecule has 22 heavy (non-hydrogen) atoms. The Labute approximate surface area is 134 Å². The van der Waals surface area contributed by atoms with Crippen LogP contribution in [-0.4, -0.2) is 68.9 Å². The number of carbonyl (C=O) groups is 1. The van der Waals surface area contributed by atoms with Crippen molar-refractivity contribution < 1.29 is 17.6 Å². The summed E-state index contributed by atoms with van der Waals surface area (Å²) in [5.41, 5.74) is -0.103. The van der Waals surface area contributed by atoms with Gasteiger partial charge in [-0.3, -0.25) is 9.69 Å². The summed E-state index contributed by atoms with van der Waals surface area (Å²) in [4.78, 5) is 15.9. The van der Waals surface area contributed by atoms with Crippen LogP contribution in [0.2, 0.25) is 5.02 Å². The van der Waals surface area contributed by atoms with Gasteiger partial charge in [0.05, 0.1) is 16.3 Å². The minimum Gasteiger partial charge on any atom is -0.336 e. The first kappa shape index (κ1) is 17.2. The quantitative estimate of drug-likeness (QED) is 0.822. The Hall–Kier alpha value is -1.18. The van der Waals surface area contributed by atoms with Crippen molar-refractivity contribution in [2.45, 2.75) is 0 Å². The van der Waals surface area contributed by atoms with Gasteiger partial charge in [-0.05, 0) is 12.1 Å². The van der Waals surface area contributed by atoms with Crippen molar-refractivity contribution in [1.82, 2.24) is 9.80 Å². The number of hydrogen-bond acceptors (Lipinski definition) is 4. The second-order valence-electron chi connectivity index (χ2n) is 5.36. The van der Waals surface area contributed by atoms with Gasteiger partial charge in [-0.2, -0.15) is 0 Å². The Kier molecular flexibility index (Phi) is 5.41. The molecule has 0 unspecified atom stereocenters. The van der Waals surface area contributed by atoms with Crippen LogP contribution in [0.4, 0.5) is 4.39 Å². The number of rotatable bonds is 4. The van der Waals surface area contributed by atoms with Crippen molar-refractivity contribution >= 4 is 27.3 Å². The van der Waals surface area contributed by atoms with E-state index in [0.717, 1.165) is 0 Å². The summed E-state index contributed by atoms with van der Waals surface area (Å²) in [6.07, 6.45) is 1.20. The zero-order valence-corrected chi connectivity index (χ0v) is 13.8. The molecule has 0 aliphatic carbocycles. The van der Waals surface area contributed by atoms with Gasteiger partial charge in [0.25, 0.3) is 5.91 Å². The highest BCUT2D eigenvalue weighted by atomic mass is 35.5. The predicted octanol–water partition coefficient (Wildman–Crippen LogP) is 1.28. The molecule has 0 bridgehead atoms. The minimum atomic E-state index is -3.00. The number of piperazine rings is 1. The van der Waals surface area contributed by atoms with Gasteiger partial charge in [0.2, 0.25) is 0 Å². The van der Waals surface area contributed by atoms with Crippen LogP contribution in [0, 0.1) is 5.82 Å². The van der Waals surface area contributed by atoms with E-state index in [1.807, 2.05) is 4.90 Å². The fraction of sp³-hybridized carbons (Fsp3) is 0.500. The molecule has 1 amide bonds. The van der Waals surface area contributed by atoms with E-state index in [0.29, 0.717) is 32.7 Å². The monoisotopic (exact) mass is 348 g/mol. The standard InChI is InChI=1S/C14H18ClFN2O3S/c1-22(20,21)10-9-17-5-7-18(8-6-17)14(19)13-11(15)3-2-4-12(13)16/h2-4H,5-10H2,1H3. The largest absolute Gasteiger partial charge is 0.336 e. The fourth-order valence-electron chi connectivity index (χ4n) is 2.33. The summed E-state index contributed by atoms with van der Waals surface area (Å²) in [5, 5.41) is 0.101. The maximum Gasteiger partial charge on any atom is 0.258 e. The van der Waals surface area contributed by atoms with Gasteiger partial charge in [-0.1, -0.05) is 17.7 Å². The lowest BCUT2D eigenvalue weighted by Crippen LogP contribution is -2.49. The number of nitrogens with zero attached hydrogens (tertiary/aromatic N) is 2. The molecule has 1 aromatic rings. The SMILES string of the molecule is CS(=O)(=O)CCN1CCN(C(=O)c2c(F)cccc2Cl)CC1. The van der Waals surface area contributed by atoms with Crippen LogP contribution in [0.15, 0.2) is 18.2 Å². The van der Waals surface area contributed by atoms with Gasteiger partial charge in [0.15, 0.2) is 0 Å². The number of benzene rings is 1. The van der Waals surface area contributed by atoms with Crippen molar-refractivity contribution in [1.29, 1.82) is 0 Å². The summed E-state index contributed by atoms with van der Waals surface area (Å²) < 4.78 is 36.1. The van der Waals surface area contributed by atoms with Gasteiger partial charge in [-0.15, -0.1) is 0 Å². The first-order valence-electron chi connectivity index (χ1n) is 6.91. The van der Waals surface area contributed by atoms with Gasteiger partial charge < -0.3 is 4.90 Å². The summed E-state index contributed by atoms with van der Waals surface area (Å²) in [6.45, 7) is 2.42. The van der Waals surface area contributed by atoms with Crippen molar-refractivity contribution in [3.63, 3.8) is 0 Å². The molecule has 2 rings (SSSR count). The first-order chi connectivity index (χ1) is 10.3. The Morgan fingerprint density at radius 3 is 2.45 bits per heavy atom. The summed E-state index contributed by atoms with van der Waals surface area (Å²) in [5.74, 6) is -0.956. The minimum absolute atomic E-state index is 0.0973. The van der Waals surface area contributed by atoms with Crippen LogP contribution in [-0.2, 0) is 9.84 Å². The van der Waals surface area contributed by atoms with Crippen LogP contribution in [0.25, 0.3) is 0 Å². The third-order valence-corrected chi connectivity index (χ3v) is 4.85. The molecule has 0 atom stereocenters. The van der Waals surface area contributed by atoms with Gasteiger partial charge in [0.1, 0.15) is 15.7 Å². The fourth-order valence-corrected chi connectivity index (χ4v) is 3.16. The molecule has 8 heteroatoms. The second kappa shape index (κ2) is 6.93. The zero-order chi connectivity index (χ0) is 16.3. The molecule has 1 aliphatic heterocycles. The highest BCUT2D eigenvalue weighted by Crippen LogP contribution is 2.21. The van der Waals surface area contributed by atoms with Crippen LogP contribution in [0.3, 0.4) is 0 Å². The molecule has 1 heterocycles. The van der Waals surface area contributed by atoms with Crippen molar-refractivity contribution in [3.05, 3.63) is 34.6 Å². The van der Waals surface area contributed by atoms with E-state index in [-0.39, 0.29) is 16.3 Å². The second-order valence-corrected chi connectivity index (χ2v) is 8.03. The number of hydrogen-bond donors (Lipinski definition) is 0. The van der Waals surface area contributed by atoms with Gasteiger partial charge in [0, 0.05) is 39.0 Å². The predicted molar refractivity (Wildman–Crippen MR) is 83.5 cm³/mol. The first-order valence-corrected chi connectivity index (χ1v) is 9.35. The van der Waals surface area contributed by atoms with E-state index < -0.39 is 21.6 Å². The van der Waals surface area contributed by atoms with Gasteiger partial charge in [-0.25, -0.2) is 12.8 Å². The van der Waals surface area contributed by atoms with E-state index in [9.17, 15) is 17.6 Å². The highest BCUT2D eigenvalue weighted by molar-refractivity contribution is 7.90. The zero-order valence-electron chi connectivity index (χ0n) is 12.3. The molecule has 0 aromatic heterocycles. The number of amides is 1. The molecular formula is C14H18ClFN2O3S. The smallest absolute Gasteiger partial charge is 0.258 e. The maximum absolute atomic E-state index is 13.8. The van der Waals surface area contributed by atoms with E-state index in [1.165, 1.54) is 24.5 Å². The molecule has 1 saturated heterocycles. The van der Waals surface area contributed by atoms with Gasteiger partial charge >= 0.3 is 0 Å². The normalized spacial score (nSPS) is 16.8. The summed E-state index contributed by atoms with van der Waals surface area (Å²) in [7, 11) is -3.00. The maximum atomic E-state index is 13.8. The average molecular weight is 349 g/mol. The molecule has 5 nitrogen and oxygen atoms in total. The molecule has 1 aromatic carbocycles. The van der Waals surface area contributed by atoms with Crippen LogP contribution < -0.4 is 0 Å². The topological polar surface area (TPSA) is 57.7 Å². The molecular weight excluding hydrogens is 331 g/mol. The molecule has 0 saturated carbocycles.